The average molecular weight is 300 g/mol. The van der Waals surface area contributed by atoms with Gasteiger partial charge < -0.3 is 14.2 Å². The van der Waals surface area contributed by atoms with Crippen LogP contribution in [-0.2, 0) is 0 Å². The minimum Gasteiger partial charge on any atom is -0.497 e. The zero-order valence-electron chi connectivity index (χ0n) is 12.9. The van der Waals surface area contributed by atoms with Crippen LogP contribution in [0.3, 0.4) is 0 Å². The number of methoxy groups -OCH3 is 1. The standard InChI is InChI=1S/C17H20N2O3/c1-12-5-3-4-10-19(12)17(20)15-11-16(22-18-15)13-6-8-14(21-2)9-7-13/h6-9,11-12H,3-5,10H2,1-2H3/t12-/m0/s1. The average Bonchev–Trinajstić information content (AvgIpc) is 3.05. The van der Waals surface area contributed by atoms with Gasteiger partial charge in [-0.25, -0.2) is 0 Å². The van der Waals surface area contributed by atoms with Crippen LogP contribution in [0.4, 0.5) is 0 Å². The van der Waals surface area contributed by atoms with Crippen LogP contribution in [0.25, 0.3) is 11.3 Å². The van der Waals surface area contributed by atoms with E-state index in [-0.39, 0.29) is 11.9 Å². The molecular weight excluding hydrogens is 280 g/mol. The molecule has 5 heteroatoms. The monoisotopic (exact) mass is 300 g/mol. The maximum absolute atomic E-state index is 12.5. The Morgan fingerprint density at radius 1 is 1.32 bits per heavy atom. The highest BCUT2D eigenvalue weighted by atomic mass is 16.5. The number of hydrogen-bond acceptors (Lipinski definition) is 4. The molecule has 1 aromatic heterocycles. The lowest BCUT2D eigenvalue weighted by molar-refractivity contribution is 0.0625. The first-order valence-electron chi connectivity index (χ1n) is 7.61. The van der Waals surface area contributed by atoms with E-state index in [2.05, 4.69) is 12.1 Å². The van der Waals surface area contributed by atoms with Crippen molar-refractivity contribution in [1.82, 2.24) is 10.1 Å². The van der Waals surface area contributed by atoms with Crippen LogP contribution in [0.15, 0.2) is 34.9 Å². The molecule has 0 radical (unpaired) electrons. The van der Waals surface area contributed by atoms with Gasteiger partial charge in [0.15, 0.2) is 11.5 Å². The summed E-state index contributed by atoms with van der Waals surface area (Å²) < 4.78 is 10.5. The zero-order valence-corrected chi connectivity index (χ0v) is 12.9. The van der Waals surface area contributed by atoms with E-state index < -0.39 is 0 Å². The van der Waals surface area contributed by atoms with Crippen molar-refractivity contribution in [2.24, 2.45) is 0 Å². The number of nitrogens with zero attached hydrogens (tertiary/aromatic N) is 2. The van der Waals surface area contributed by atoms with E-state index in [0.717, 1.165) is 30.7 Å². The van der Waals surface area contributed by atoms with Gasteiger partial charge in [0.05, 0.1) is 7.11 Å². The fraction of sp³-hybridized carbons (Fsp3) is 0.412. The van der Waals surface area contributed by atoms with Crippen molar-refractivity contribution in [2.75, 3.05) is 13.7 Å². The van der Waals surface area contributed by atoms with Crippen LogP contribution >= 0.6 is 0 Å². The van der Waals surface area contributed by atoms with Crippen molar-refractivity contribution in [2.45, 2.75) is 32.2 Å². The Morgan fingerprint density at radius 2 is 2.09 bits per heavy atom. The maximum Gasteiger partial charge on any atom is 0.276 e. The predicted octanol–water partition coefficient (Wildman–Crippen LogP) is 3.36. The summed E-state index contributed by atoms with van der Waals surface area (Å²) in [6.45, 7) is 2.88. The van der Waals surface area contributed by atoms with E-state index in [4.69, 9.17) is 9.26 Å². The first-order chi connectivity index (χ1) is 10.7. The number of carbonyl (C=O) groups excluding carboxylic acids is 1. The number of aromatic nitrogens is 1. The van der Waals surface area contributed by atoms with E-state index in [9.17, 15) is 4.79 Å². The molecule has 22 heavy (non-hydrogen) atoms. The molecule has 1 fully saturated rings. The molecule has 116 valence electrons. The quantitative estimate of drug-likeness (QED) is 0.872. The van der Waals surface area contributed by atoms with Crippen LogP contribution in [0, 0.1) is 0 Å². The van der Waals surface area contributed by atoms with Gasteiger partial charge in [0.25, 0.3) is 5.91 Å². The summed E-state index contributed by atoms with van der Waals surface area (Å²) in [5, 5.41) is 3.95. The van der Waals surface area contributed by atoms with Crippen molar-refractivity contribution in [3.05, 3.63) is 36.0 Å². The largest absolute Gasteiger partial charge is 0.497 e. The smallest absolute Gasteiger partial charge is 0.276 e. The molecule has 2 aromatic rings. The minimum absolute atomic E-state index is 0.0456. The van der Waals surface area contributed by atoms with Crippen molar-refractivity contribution >= 4 is 5.91 Å². The third-order valence-corrected chi connectivity index (χ3v) is 4.17. The third kappa shape index (κ3) is 2.84. The van der Waals surface area contributed by atoms with E-state index in [0.29, 0.717) is 11.5 Å². The summed E-state index contributed by atoms with van der Waals surface area (Å²) in [5.41, 5.74) is 1.25. The molecule has 5 nitrogen and oxygen atoms in total. The Hall–Kier alpha value is -2.30. The number of benzene rings is 1. The molecule has 3 rings (SSSR count). The molecule has 1 aromatic carbocycles. The Morgan fingerprint density at radius 3 is 2.77 bits per heavy atom. The maximum atomic E-state index is 12.5. The highest BCUT2D eigenvalue weighted by Gasteiger charge is 2.26. The molecule has 0 bridgehead atoms. The number of likely N-dealkylation sites (tertiary alicyclic amines) is 1. The van der Waals surface area contributed by atoms with E-state index in [1.807, 2.05) is 29.2 Å². The summed E-state index contributed by atoms with van der Waals surface area (Å²) in [7, 11) is 1.63. The lowest BCUT2D eigenvalue weighted by Gasteiger charge is -2.32. The fourth-order valence-corrected chi connectivity index (χ4v) is 2.81. The van der Waals surface area contributed by atoms with Gasteiger partial charge in [0.2, 0.25) is 0 Å². The molecule has 0 N–H and O–H groups in total. The van der Waals surface area contributed by atoms with Crippen molar-refractivity contribution in [3.8, 4) is 17.1 Å². The van der Waals surface area contributed by atoms with Gasteiger partial charge in [-0.05, 0) is 50.5 Å². The molecule has 1 saturated heterocycles. The molecule has 0 aliphatic carbocycles. The summed E-state index contributed by atoms with van der Waals surface area (Å²) in [4.78, 5) is 14.4. The number of rotatable bonds is 3. The minimum atomic E-state index is -0.0456. The number of amides is 1. The van der Waals surface area contributed by atoms with Gasteiger partial charge in [-0.3, -0.25) is 4.79 Å². The normalized spacial score (nSPS) is 18.3. The SMILES string of the molecule is COc1ccc(-c2cc(C(=O)N3CCCC[C@@H]3C)no2)cc1. The van der Waals surface area contributed by atoms with E-state index in [1.54, 1.807) is 13.2 Å². The van der Waals surface area contributed by atoms with Crippen molar-refractivity contribution < 1.29 is 14.1 Å². The predicted molar refractivity (Wildman–Crippen MR) is 82.8 cm³/mol. The van der Waals surface area contributed by atoms with Crippen LogP contribution in [0.5, 0.6) is 5.75 Å². The highest BCUT2D eigenvalue weighted by molar-refractivity contribution is 5.93. The number of ether oxygens (including phenoxy) is 1. The van der Waals surface area contributed by atoms with Crippen LogP contribution in [0.2, 0.25) is 0 Å². The number of hydrogen-bond donors (Lipinski definition) is 0. The van der Waals surface area contributed by atoms with Crippen LogP contribution in [0.1, 0.15) is 36.7 Å². The van der Waals surface area contributed by atoms with Gasteiger partial charge in [-0.2, -0.15) is 0 Å². The van der Waals surface area contributed by atoms with Gasteiger partial charge in [0.1, 0.15) is 5.75 Å². The van der Waals surface area contributed by atoms with E-state index >= 15 is 0 Å². The summed E-state index contributed by atoms with van der Waals surface area (Å²) in [6.07, 6.45) is 3.29. The van der Waals surface area contributed by atoms with Crippen molar-refractivity contribution in [3.63, 3.8) is 0 Å². The Balaban J connectivity index is 1.79. The summed E-state index contributed by atoms with van der Waals surface area (Å²) in [6, 6.07) is 9.46. The second-order valence-corrected chi connectivity index (χ2v) is 5.65. The lowest BCUT2D eigenvalue weighted by Crippen LogP contribution is -2.42. The van der Waals surface area contributed by atoms with Gasteiger partial charge >= 0.3 is 0 Å². The molecule has 0 spiro atoms. The Bertz CT molecular complexity index is 648. The Kier molecular flexibility index (Phi) is 4.13. The highest BCUT2D eigenvalue weighted by Crippen LogP contribution is 2.25. The molecule has 2 heterocycles. The molecule has 1 aliphatic heterocycles. The molecule has 1 aliphatic rings. The molecule has 1 amide bonds. The molecular formula is C17H20N2O3. The summed E-state index contributed by atoms with van der Waals surface area (Å²) >= 11 is 0. The first kappa shape index (κ1) is 14.6. The third-order valence-electron chi connectivity index (χ3n) is 4.17. The van der Waals surface area contributed by atoms with Gasteiger partial charge in [0, 0.05) is 24.2 Å². The second-order valence-electron chi connectivity index (χ2n) is 5.65. The first-order valence-corrected chi connectivity index (χ1v) is 7.61. The summed E-state index contributed by atoms with van der Waals surface area (Å²) in [5.74, 6) is 1.33. The van der Waals surface area contributed by atoms with Crippen LogP contribution in [-0.4, -0.2) is 35.7 Å². The number of piperidine rings is 1. The zero-order chi connectivity index (χ0) is 15.5. The molecule has 1 atom stereocenters. The van der Waals surface area contributed by atoms with Gasteiger partial charge in [-0.15, -0.1) is 0 Å². The van der Waals surface area contributed by atoms with E-state index in [1.165, 1.54) is 6.42 Å². The second kappa shape index (κ2) is 6.22. The lowest BCUT2D eigenvalue weighted by atomic mass is 10.0. The fourth-order valence-electron chi connectivity index (χ4n) is 2.81. The number of carbonyl (C=O) groups is 1. The van der Waals surface area contributed by atoms with Crippen LogP contribution < -0.4 is 4.74 Å². The molecule has 0 saturated carbocycles. The Labute approximate surface area is 129 Å². The topological polar surface area (TPSA) is 55.6 Å². The van der Waals surface area contributed by atoms with Crippen molar-refractivity contribution in [1.29, 1.82) is 0 Å². The van der Waals surface area contributed by atoms with Gasteiger partial charge in [-0.1, -0.05) is 5.16 Å². The molecule has 0 unspecified atom stereocenters.